The number of halogens is 2. The van der Waals surface area contributed by atoms with Gasteiger partial charge in [-0.15, -0.1) is 0 Å². The number of nitrogens with zero attached hydrogens (tertiary/aromatic N) is 3. The van der Waals surface area contributed by atoms with E-state index >= 15 is 0 Å². The van der Waals surface area contributed by atoms with Gasteiger partial charge >= 0.3 is 0 Å². The highest BCUT2D eigenvalue weighted by molar-refractivity contribution is 9.10. The average molecular weight is 668 g/mol. The maximum atomic E-state index is 14.1. The fourth-order valence-corrected chi connectivity index (χ4v) is 5.89. The summed E-state index contributed by atoms with van der Waals surface area (Å²) in [6, 6.07) is 13.8. The van der Waals surface area contributed by atoms with E-state index in [4.69, 9.17) is 16.3 Å². The Hall–Kier alpha value is -3.68. The molecule has 0 aliphatic carbocycles. The molecule has 0 heterocycles. The van der Waals surface area contributed by atoms with Crippen LogP contribution in [0.25, 0.3) is 0 Å². The molecule has 0 aliphatic rings. The number of hydrogen-bond donors (Lipinski definition) is 1. The molecule has 11 nitrogen and oxygen atoms in total. The number of hydrogen-bond acceptors (Lipinski definition) is 7. The molecular formula is C27H28BrClN4O7S. The molecule has 14 heteroatoms. The summed E-state index contributed by atoms with van der Waals surface area (Å²) in [5, 5.41) is 14.2. The summed E-state index contributed by atoms with van der Waals surface area (Å²) >= 11 is 9.57. The molecule has 0 aromatic heterocycles. The zero-order chi connectivity index (χ0) is 30.5. The van der Waals surface area contributed by atoms with E-state index < -0.39 is 49.9 Å². The Kier molecular flexibility index (Phi) is 10.3. The first-order chi connectivity index (χ1) is 19.3. The van der Waals surface area contributed by atoms with Gasteiger partial charge in [-0.3, -0.25) is 24.0 Å². The smallest absolute Gasteiger partial charge is 0.273 e. The third kappa shape index (κ3) is 7.34. The summed E-state index contributed by atoms with van der Waals surface area (Å²) in [5.41, 5.74) is 0.492. The Bertz CT molecular complexity index is 1570. The quantitative estimate of drug-likeness (QED) is 0.231. The van der Waals surface area contributed by atoms with Crippen LogP contribution in [-0.2, 0) is 26.2 Å². The van der Waals surface area contributed by atoms with E-state index in [1.807, 2.05) is 0 Å². The summed E-state index contributed by atoms with van der Waals surface area (Å²) in [5.74, 6) is -1.08. The highest BCUT2D eigenvalue weighted by atomic mass is 79.9. The monoisotopic (exact) mass is 666 g/mol. The van der Waals surface area contributed by atoms with Crippen LogP contribution >= 0.6 is 27.5 Å². The number of likely N-dealkylation sites (N-methyl/N-ethyl adjacent to an activating group) is 1. The van der Waals surface area contributed by atoms with Crippen molar-refractivity contribution in [2.45, 2.75) is 31.3 Å². The number of anilines is 1. The Morgan fingerprint density at radius 3 is 2.37 bits per heavy atom. The zero-order valence-electron chi connectivity index (χ0n) is 22.6. The normalized spacial score (nSPS) is 11.9. The molecule has 1 atom stereocenters. The molecule has 2 amide bonds. The minimum absolute atomic E-state index is 0.00271. The van der Waals surface area contributed by atoms with Crippen molar-refractivity contribution >= 4 is 60.7 Å². The molecule has 3 aromatic carbocycles. The van der Waals surface area contributed by atoms with Crippen LogP contribution in [0.4, 0.5) is 11.4 Å². The first-order valence-corrected chi connectivity index (χ1v) is 14.8. The summed E-state index contributed by atoms with van der Waals surface area (Å²) in [6.45, 7) is 2.24. The molecule has 0 aliphatic heterocycles. The topological polar surface area (TPSA) is 139 Å². The Labute approximate surface area is 251 Å². The van der Waals surface area contributed by atoms with Gasteiger partial charge in [0.1, 0.15) is 18.3 Å². The summed E-state index contributed by atoms with van der Waals surface area (Å²) in [4.78, 5) is 38.2. The molecule has 0 spiro atoms. The van der Waals surface area contributed by atoms with E-state index in [0.29, 0.717) is 5.56 Å². The standard InChI is InChI=1S/C27H28BrClN4O7S/c1-17-5-11-22(14-23(17)33(36)37)41(38,39)32(24-13-21(29)10-12-25(24)40-4)16-26(34)31(18(2)27(35)30-3)15-19-6-8-20(28)9-7-19/h5-14,18H,15-16H2,1-4H3,(H,30,35)/t18-/m0/s1. The molecule has 1 N–H and O–H groups in total. The highest BCUT2D eigenvalue weighted by Gasteiger charge is 2.34. The second kappa shape index (κ2) is 13.3. The van der Waals surface area contributed by atoms with Crippen LogP contribution in [0.5, 0.6) is 5.75 Å². The summed E-state index contributed by atoms with van der Waals surface area (Å²) in [7, 11) is -1.85. The van der Waals surface area contributed by atoms with E-state index in [0.717, 1.165) is 14.8 Å². The number of carbonyl (C=O) groups is 2. The van der Waals surface area contributed by atoms with Gasteiger partial charge in [-0.05, 0) is 55.8 Å². The van der Waals surface area contributed by atoms with E-state index in [1.165, 1.54) is 63.2 Å². The van der Waals surface area contributed by atoms with Crippen LogP contribution in [0, 0.1) is 17.0 Å². The van der Waals surface area contributed by atoms with Gasteiger partial charge in [-0.2, -0.15) is 0 Å². The van der Waals surface area contributed by atoms with Crippen molar-refractivity contribution in [1.29, 1.82) is 0 Å². The number of methoxy groups -OCH3 is 1. The van der Waals surface area contributed by atoms with Crippen LogP contribution in [0.1, 0.15) is 18.1 Å². The van der Waals surface area contributed by atoms with Crippen molar-refractivity contribution in [2.75, 3.05) is 25.0 Å². The van der Waals surface area contributed by atoms with Crippen molar-refractivity contribution in [3.63, 3.8) is 0 Å². The van der Waals surface area contributed by atoms with Gasteiger partial charge in [-0.1, -0.05) is 45.7 Å². The zero-order valence-corrected chi connectivity index (χ0v) is 25.8. The minimum atomic E-state index is -4.60. The number of nitro groups is 1. The second-order valence-corrected chi connectivity index (χ2v) is 12.2. The molecule has 3 rings (SSSR count). The van der Waals surface area contributed by atoms with Gasteiger partial charge in [0.05, 0.1) is 22.6 Å². The van der Waals surface area contributed by atoms with Gasteiger partial charge in [0.25, 0.3) is 15.7 Å². The lowest BCUT2D eigenvalue weighted by atomic mass is 10.1. The van der Waals surface area contributed by atoms with Crippen LogP contribution in [0.2, 0.25) is 5.02 Å². The van der Waals surface area contributed by atoms with E-state index in [1.54, 1.807) is 24.3 Å². The summed E-state index contributed by atoms with van der Waals surface area (Å²) in [6.07, 6.45) is 0. The first kappa shape index (κ1) is 31.8. The SMILES string of the molecule is CNC(=O)[C@H](C)N(Cc1ccc(Br)cc1)C(=O)CN(c1cc(Cl)ccc1OC)S(=O)(=O)c1ccc(C)c([N+](=O)[O-])c1. The molecule has 41 heavy (non-hydrogen) atoms. The Morgan fingerprint density at radius 2 is 1.78 bits per heavy atom. The third-order valence-electron chi connectivity index (χ3n) is 6.33. The number of ether oxygens (including phenoxy) is 1. The van der Waals surface area contributed by atoms with Crippen LogP contribution < -0.4 is 14.4 Å². The Balaban J connectivity index is 2.16. The Morgan fingerprint density at radius 1 is 1.12 bits per heavy atom. The van der Waals surface area contributed by atoms with Crippen LogP contribution in [-0.4, -0.2) is 56.8 Å². The lowest BCUT2D eigenvalue weighted by Crippen LogP contribution is -2.50. The van der Waals surface area contributed by atoms with E-state index in [9.17, 15) is 28.1 Å². The maximum absolute atomic E-state index is 14.1. The van der Waals surface area contributed by atoms with Crippen molar-refractivity contribution in [3.05, 3.63) is 91.4 Å². The largest absolute Gasteiger partial charge is 0.495 e. The molecular weight excluding hydrogens is 640 g/mol. The first-order valence-electron chi connectivity index (χ1n) is 12.2. The predicted molar refractivity (Wildman–Crippen MR) is 159 cm³/mol. The number of nitrogens with one attached hydrogen (secondary N) is 1. The number of sulfonamides is 1. The number of rotatable bonds is 11. The van der Waals surface area contributed by atoms with E-state index in [-0.39, 0.29) is 28.6 Å². The minimum Gasteiger partial charge on any atom is -0.495 e. The fourth-order valence-electron chi connectivity index (χ4n) is 4.02. The van der Waals surface area contributed by atoms with Gasteiger partial charge in [0.2, 0.25) is 11.8 Å². The number of benzene rings is 3. The number of nitro benzene ring substituents is 1. The van der Waals surface area contributed by atoms with Gasteiger partial charge < -0.3 is 15.0 Å². The lowest BCUT2D eigenvalue weighted by molar-refractivity contribution is -0.385. The third-order valence-corrected chi connectivity index (χ3v) is 8.85. The van der Waals surface area contributed by atoms with Crippen molar-refractivity contribution < 1.29 is 27.7 Å². The molecule has 0 saturated carbocycles. The van der Waals surface area contributed by atoms with Crippen LogP contribution in [0.15, 0.2) is 70.0 Å². The van der Waals surface area contributed by atoms with Crippen molar-refractivity contribution in [3.8, 4) is 5.75 Å². The molecule has 0 unspecified atom stereocenters. The molecule has 0 fully saturated rings. The molecule has 218 valence electrons. The van der Waals surface area contributed by atoms with Crippen molar-refractivity contribution in [1.82, 2.24) is 10.2 Å². The van der Waals surface area contributed by atoms with E-state index in [2.05, 4.69) is 21.2 Å². The number of aryl methyl sites for hydroxylation is 1. The number of amides is 2. The van der Waals surface area contributed by atoms with Crippen LogP contribution in [0.3, 0.4) is 0 Å². The van der Waals surface area contributed by atoms with Crippen molar-refractivity contribution in [2.24, 2.45) is 0 Å². The second-order valence-electron chi connectivity index (χ2n) is 8.97. The average Bonchev–Trinajstić information content (AvgIpc) is 2.94. The highest BCUT2D eigenvalue weighted by Crippen LogP contribution is 2.36. The fraction of sp³-hybridized carbons (Fsp3) is 0.259. The van der Waals surface area contributed by atoms with Gasteiger partial charge in [-0.25, -0.2) is 8.42 Å². The predicted octanol–water partition coefficient (Wildman–Crippen LogP) is 4.69. The number of carbonyl (C=O) groups excluding carboxylic acids is 2. The van der Waals surface area contributed by atoms with Gasteiger partial charge in [0, 0.05) is 34.7 Å². The maximum Gasteiger partial charge on any atom is 0.273 e. The molecule has 0 bridgehead atoms. The lowest BCUT2D eigenvalue weighted by Gasteiger charge is -2.32. The molecule has 0 radical (unpaired) electrons. The molecule has 0 saturated heterocycles. The molecule has 3 aromatic rings. The summed E-state index contributed by atoms with van der Waals surface area (Å²) < 4.78 is 35.1. The van der Waals surface area contributed by atoms with Gasteiger partial charge in [0.15, 0.2) is 0 Å².